The Hall–Kier alpha value is -0.0500. The average Bonchev–Trinajstić information content (AvgIpc) is 2.09. The van der Waals surface area contributed by atoms with E-state index in [1.165, 1.54) is 0 Å². The number of rotatable bonds is 7. The molecule has 0 aliphatic heterocycles. The van der Waals surface area contributed by atoms with Gasteiger partial charge >= 0.3 is 0 Å². The minimum atomic E-state index is 0.311. The first-order valence-corrected chi connectivity index (χ1v) is 4.79. The molecule has 0 unspecified atom stereocenters. The van der Waals surface area contributed by atoms with Gasteiger partial charge in [0.25, 0.3) is 0 Å². The molecule has 0 aliphatic carbocycles. The lowest BCUT2D eigenvalue weighted by Gasteiger charge is -2.13. The van der Waals surface area contributed by atoms with Crippen LogP contribution in [0.15, 0.2) is 11.6 Å². The van der Waals surface area contributed by atoms with Crippen molar-refractivity contribution in [2.24, 2.45) is 0 Å². The molecular weight excluding hydrogens is 174 g/mol. The Balaban J connectivity index is 3.13. The minimum Gasteiger partial charge on any atom is -0.396 e. The van der Waals surface area contributed by atoms with E-state index in [1.807, 2.05) is 6.08 Å². The number of unbranched alkanes of at least 4 members (excludes halogenated alkanes) is 2. The van der Waals surface area contributed by atoms with Crippen molar-refractivity contribution in [3.05, 3.63) is 11.6 Å². The molecule has 0 radical (unpaired) electrons. The SMILES string of the molecule is CN(C/C=C/Cl)CCCCCO. The van der Waals surface area contributed by atoms with E-state index in [2.05, 4.69) is 11.9 Å². The molecule has 0 aromatic rings. The van der Waals surface area contributed by atoms with Crippen molar-refractivity contribution in [1.29, 1.82) is 0 Å². The first-order valence-electron chi connectivity index (χ1n) is 4.36. The van der Waals surface area contributed by atoms with Crippen LogP contribution in [0, 0.1) is 0 Å². The summed E-state index contributed by atoms with van der Waals surface area (Å²) in [5.41, 5.74) is 1.55. The van der Waals surface area contributed by atoms with E-state index in [9.17, 15) is 0 Å². The number of likely N-dealkylation sites (N-methyl/N-ethyl adjacent to an activating group) is 1. The smallest absolute Gasteiger partial charge is 0.0431 e. The zero-order chi connectivity index (χ0) is 9.23. The zero-order valence-electron chi connectivity index (χ0n) is 7.67. The van der Waals surface area contributed by atoms with Crippen LogP contribution >= 0.6 is 11.6 Å². The van der Waals surface area contributed by atoms with Crippen LogP contribution in [0.5, 0.6) is 0 Å². The van der Waals surface area contributed by atoms with Gasteiger partial charge in [-0.2, -0.15) is 0 Å². The molecule has 0 heterocycles. The van der Waals surface area contributed by atoms with Gasteiger partial charge in [-0.15, -0.1) is 0 Å². The van der Waals surface area contributed by atoms with Gasteiger partial charge in [-0.25, -0.2) is 0 Å². The summed E-state index contributed by atoms with van der Waals surface area (Å²) in [4.78, 5) is 2.20. The van der Waals surface area contributed by atoms with Crippen molar-refractivity contribution in [3.8, 4) is 0 Å². The molecule has 0 aliphatic rings. The van der Waals surface area contributed by atoms with Crippen LogP contribution in [0.25, 0.3) is 0 Å². The number of nitrogens with zero attached hydrogens (tertiary/aromatic N) is 1. The Bertz CT molecular complexity index is 117. The molecule has 0 atom stereocenters. The Morgan fingerprint density at radius 1 is 1.33 bits per heavy atom. The molecule has 0 spiro atoms. The van der Waals surface area contributed by atoms with E-state index in [4.69, 9.17) is 16.7 Å². The molecule has 0 aromatic heterocycles. The van der Waals surface area contributed by atoms with Crippen molar-refractivity contribution < 1.29 is 5.11 Å². The van der Waals surface area contributed by atoms with E-state index < -0.39 is 0 Å². The molecule has 0 aromatic carbocycles. The molecule has 0 amide bonds. The fourth-order valence-electron chi connectivity index (χ4n) is 0.981. The average molecular weight is 192 g/mol. The normalized spacial score (nSPS) is 11.7. The summed E-state index contributed by atoms with van der Waals surface area (Å²) in [5, 5.41) is 8.53. The Labute approximate surface area is 79.8 Å². The van der Waals surface area contributed by atoms with Gasteiger partial charge in [0.15, 0.2) is 0 Å². The van der Waals surface area contributed by atoms with E-state index in [0.29, 0.717) is 6.61 Å². The highest BCUT2D eigenvalue weighted by molar-refractivity contribution is 6.25. The van der Waals surface area contributed by atoms with Crippen LogP contribution in [-0.4, -0.2) is 36.8 Å². The third-order valence-electron chi connectivity index (χ3n) is 1.70. The standard InChI is InChI=1S/C9H18ClNO/c1-11(8-5-6-10)7-3-2-4-9-12/h5-6,12H,2-4,7-9H2,1H3/b6-5+. The molecule has 12 heavy (non-hydrogen) atoms. The largest absolute Gasteiger partial charge is 0.396 e. The summed E-state index contributed by atoms with van der Waals surface area (Å²) in [5.74, 6) is 0. The quantitative estimate of drug-likeness (QED) is 0.621. The van der Waals surface area contributed by atoms with Crippen LogP contribution in [0.3, 0.4) is 0 Å². The maximum Gasteiger partial charge on any atom is 0.0431 e. The summed E-state index contributed by atoms with van der Waals surface area (Å²) >= 11 is 5.39. The molecule has 0 bridgehead atoms. The van der Waals surface area contributed by atoms with Gasteiger partial charge in [-0.1, -0.05) is 17.7 Å². The number of hydrogen-bond acceptors (Lipinski definition) is 2. The summed E-state index contributed by atoms with van der Waals surface area (Å²) in [6.45, 7) is 2.29. The second kappa shape index (κ2) is 9.04. The number of aliphatic hydroxyl groups excluding tert-OH is 1. The third kappa shape index (κ3) is 8.05. The lowest BCUT2D eigenvalue weighted by atomic mass is 10.2. The van der Waals surface area contributed by atoms with Crippen molar-refractivity contribution in [1.82, 2.24) is 4.90 Å². The van der Waals surface area contributed by atoms with Crippen LogP contribution < -0.4 is 0 Å². The first kappa shape index (κ1) is 11.9. The highest BCUT2D eigenvalue weighted by atomic mass is 35.5. The van der Waals surface area contributed by atoms with E-state index >= 15 is 0 Å². The van der Waals surface area contributed by atoms with Crippen molar-refractivity contribution in [3.63, 3.8) is 0 Å². The summed E-state index contributed by atoms with van der Waals surface area (Å²) < 4.78 is 0. The van der Waals surface area contributed by atoms with Gasteiger partial charge in [0.2, 0.25) is 0 Å². The lowest BCUT2D eigenvalue weighted by Crippen LogP contribution is -2.19. The van der Waals surface area contributed by atoms with E-state index in [0.717, 1.165) is 32.4 Å². The van der Waals surface area contributed by atoms with Crippen LogP contribution in [0.4, 0.5) is 0 Å². The molecule has 0 saturated carbocycles. The first-order chi connectivity index (χ1) is 5.81. The van der Waals surface area contributed by atoms with Gasteiger partial charge in [0.05, 0.1) is 0 Å². The van der Waals surface area contributed by atoms with Gasteiger partial charge in [0, 0.05) is 18.7 Å². The Morgan fingerprint density at radius 3 is 2.67 bits per heavy atom. The molecule has 0 saturated heterocycles. The molecule has 72 valence electrons. The molecule has 0 fully saturated rings. The topological polar surface area (TPSA) is 23.5 Å². The third-order valence-corrected chi connectivity index (χ3v) is 1.88. The van der Waals surface area contributed by atoms with Gasteiger partial charge in [0.1, 0.15) is 0 Å². The summed E-state index contributed by atoms with van der Waals surface area (Å²) in [6, 6.07) is 0. The predicted molar refractivity (Wildman–Crippen MR) is 53.4 cm³/mol. The monoisotopic (exact) mass is 191 g/mol. The van der Waals surface area contributed by atoms with Crippen molar-refractivity contribution in [2.75, 3.05) is 26.7 Å². The van der Waals surface area contributed by atoms with Crippen molar-refractivity contribution >= 4 is 11.6 Å². The second-order valence-electron chi connectivity index (χ2n) is 2.91. The van der Waals surface area contributed by atoms with Gasteiger partial charge in [-0.05, 0) is 32.9 Å². The molecule has 2 nitrogen and oxygen atoms in total. The Morgan fingerprint density at radius 2 is 2.08 bits per heavy atom. The maximum absolute atomic E-state index is 8.53. The molecule has 0 rings (SSSR count). The summed E-state index contributed by atoms with van der Waals surface area (Å²) in [7, 11) is 2.07. The Kier molecular flexibility index (Phi) is 9.00. The number of hydrogen-bond donors (Lipinski definition) is 1. The predicted octanol–water partition coefficient (Wildman–Crippen LogP) is 1.83. The summed E-state index contributed by atoms with van der Waals surface area (Å²) in [6.07, 6.45) is 5.09. The maximum atomic E-state index is 8.53. The van der Waals surface area contributed by atoms with E-state index in [1.54, 1.807) is 5.54 Å². The highest BCUT2D eigenvalue weighted by Crippen LogP contribution is 1.96. The number of aliphatic hydroxyl groups is 1. The molecule has 3 heteroatoms. The van der Waals surface area contributed by atoms with E-state index in [-0.39, 0.29) is 0 Å². The van der Waals surface area contributed by atoms with Gasteiger partial charge in [-0.3, -0.25) is 0 Å². The fourth-order valence-corrected chi connectivity index (χ4v) is 1.06. The zero-order valence-corrected chi connectivity index (χ0v) is 8.43. The van der Waals surface area contributed by atoms with Crippen molar-refractivity contribution in [2.45, 2.75) is 19.3 Å². The number of halogens is 1. The molecule has 1 N–H and O–H groups in total. The van der Waals surface area contributed by atoms with Crippen LogP contribution in [-0.2, 0) is 0 Å². The second-order valence-corrected chi connectivity index (χ2v) is 3.16. The van der Waals surface area contributed by atoms with Crippen LogP contribution in [0.1, 0.15) is 19.3 Å². The lowest BCUT2D eigenvalue weighted by molar-refractivity contribution is 0.276. The fraction of sp³-hybridized carbons (Fsp3) is 0.778. The van der Waals surface area contributed by atoms with Crippen LogP contribution in [0.2, 0.25) is 0 Å². The molecular formula is C9H18ClNO. The van der Waals surface area contributed by atoms with Gasteiger partial charge < -0.3 is 10.0 Å². The highest BCUT2D eigenvalue weighted by Gasteiger charge is 1.94. The minimum absolute atomic E-state index is 0.311.